The molecule has 0 saturated heterocycles. The van der Waals surface area contributed by atoms with Crippen molar-refractivity contribution in [3.05, 3.63) is 65.2 Å². The smallest absolute Gasteiger partial charge is 0.128 e. The number of rotatable bonds is 3. The Morgan fingerprint density at radius 1 is 1.00 bits per heavy atom. The average Bonchev–Trinajstić information content (AvgIpc) is 3.27. The maximum absolute atomic E-state index is 4.76. The second kappa shape index (κ2) is 7.19. The van der Waals surface area contributed by atoms with E-state index in [-0.39, 0.29) is 5.41 Å². The van der Waals surface area contributed by atoms with E-state index in [9.17, 15) is 0 Å². The molecule has 0 amide bonds. The highest BCUT2D eigenvalue weighted by Crippen LogP contribution is 2.44. The fraction of sp³-hybridized carbons (Fsp3) is 0.200. The van der Waals surface area contributed by atoms with E-state index >= 15 is 0 Å². The second-order valence-electron chi connectivity index (χ2n) is 8.47. The van der Waals surface area contributed by atoms with Gasteiger partial charge in [0.1, 0.15) is 11.2 Å². The fourth-order valence-electron chi connectivity index (χ4n) is 3.97. The van der Waals surface area contributed by atoms with Crippen LogP contribution in [0, 0.1) is 6.92 Å². The van der Waals surface area contributed by atoms with Crippen molar-refractivity contribution < 1.29 is 0 Å². The first-order chi connectivity index (χ1) is 14.4. The molecule has 0 aliphatic carbocycles. The summed E-state index contributed by atoms with van der Waals surface area (Å²) >= 11 is 5.32. The van der Waals surface area contributed by atoms with Gasteiger partial charge in [-0.25, -0.2) is 9.97 Å². The molecule has 3 aromatic heterocycles. The number of benzene rings is 2. The van der Waals surface area contributed by atoms with Crippen LogP contribution >= 0.6 is 34.4 Å². The molecule has 3 heterocycles. The van der Waals surface area contributed by atoms with Crippen LogP contribution in [-0.2, 0) is 5.41 Å². The highest BCUT2D eigenvalue weighted by molar-refractivity contribution is 8.02. The van der Waals surface area contributed by atoms with Gasteiger partial charge in [-0.1, -0.05) is 57.3 Å². The van der Waals surface area contributed by atoms with Crippen LogP contribution in [0.15, 0.2) is 59.6 Å². The summed E-state index contributed by atoms with van der Waals surface area (Å²) in [5.74, 6) is 0. The molecule has 0 fully saturated rings. The lowest BCUT2D eigenvalue weighted by atomic mass is 9.85. The van der Waals surface area contributed by atoms with Crippen molar-refractivity contribution in [3.63, 3.8) is 0 Å². The molecular formula is C25H22N2S3. The first kappa shape index (κ1) is 19.7. The van der Waals surface area contributed by atoms with Gasteiger partial charge in [0.2, 0.25) is 0 Å². The zero-order chi connectivity index (χ0) is 21.0. The Labute approximate surface area is 188 Å². The van der Waals surface area contributed by atoms with E-state index in [0.29, 0.717) is 0 Å². The van der Waals surface area contributed by atoms with E-state index in [1.165, 1.54) is 35.5 Å². The van der Waals surface area contributed by atoms with Gasteiger partial charge in [-0.2, -0.15) is 0 Å². The Morgan fingerprint density at radius 2 is 1.83 bits per heavy atom. The van der Waals surface area contributed by atoms with Gasteiger partial charge in [-0.3, -0.25) is 0 Å². The number of fused-ring (bicyclic) bond motifs is 5. The molecule has 2 nitrogen and oxygen atoms in total. The van der Waals surface area contributed by atoms with Crippen molar-refractivity contribution in [1.82, 2.24) is 9.97 Å². The second-order valence-corrected chi connectivity index (χ2v) is 11.7. The predicted octanol–water partition coefficient (Wildman–Crippen LogP) is 8.57. The topological polar surface area (TPSA) is 25.8 Å². The van der Waals surface area contributed by atoms with E-state index in [2.05, 4.69) is 75.7 Å². The molecule has 0 atom stereocenters. The standard InChI is InChI=1S/C25H22N2S3/c1-6-28-19-10-8-15(12-18(19)25(3,4)5)21-20-17-9-7-16-11-14(2)29-22(16)23(17)30-24(20)27-13-26-21/h6-13H,1H2,2-5H3. The Balaban J connectivity index is 1.81. The molecule has 5 aromatic rings. The zero-order valence-electron chi connectivity index (χ0n) is 17.4. The van der Waals surface area contributed by atoms with Gasteiger partial charge in [-0.15, -0.1) is 22.7 Å². The van der Waals surface area contributed by atoms with Crippen molar-refractivity contribution in [3.8, 4) is 11.3 Å². The maximum Gasteiger partial charge on any atom is 0.128 e. The van der Waals surface area contributed by atoms with Crippen molar-refractivity contribution in [2.75, 3.05) is 0 Å². The number of nitrogens with zero attached hydrogens (tertiary/aromatic N) is 2. The highest BCUT2D eigenvalue weighted by atomic mass is 32.2. The average molecular weight is 447 g/mol. The summed E-state index contributed by atoms with van der Waals surface area (Å²) < 4.78 is 2.67. The van der Waals surface area contributed by atoms with Gasteiger partial charge in [0.25, 0.3) is 0 Å². The number of hydrogen-bond acceptors (Lipinski definition) is 5. The third-order valence-corrected chi connectivity index (χ3v) is 8.44. The number of aromatic nitrogens is 2. The first-order valence-corrected chi connectivity index (χ1v) is 12.4. The largest absolute Gasteiger partial charge is 0.236 e. The van der Waals surface area contributed by atoms with Gasteiger partial charge in [-0.05, 0) is 46.9 Å². The molecular weight excluding hydrogens is 424 g/mol. The minimum Gasteiger partial charge on any atom is -0.236 e. The summed E-state index contributed by atoms with van der Waals surface area (Å²) in [6, 6.07) is 13.4. The fourth-order valence-corrected chi connectivity index (χ4v) is 7.08. The highest BCUT2D eigenvalue weighted by Gasteiger charge is 2.21. The molecule has 0 spiro atoms. The molecule has 0 aliphatic rings. The molecule has 0 aliphatic heterocycles. The van der Waals surface area contributed by atoms with E-state index in [4.69, 9.17) is 4.98 Å². The zero-order valence-corrected chi connectivity index (χ0v) is 19.9. The summed E-state index contributed by atoms with van der Waals surface area (Å²) in [6.45, 7) is 12.8. The van der Waals surface area contributed by atoms with E-state index in [1.54, 1.807) is 29.4 Å². The third-order valence-electron chi connectivity index (χ3n) is 5.32. The van der Waals surface area contributed by atoms with Crippen LogP contribution < -0.4 is 0 Å². The molecule has 0 saturated carbocycles. The van der Waals surface area contributed by atoms with Crippen molar-refractivity contribution in [2.24, 2.45) is 0 Å². The lowest BCUT2D eigenvalue weighted by Crippen LogP contribution is -2.12. The minimum absolute atomic E-state index is 0.0326. The van der Waals surface area contributed by atoms with E-state index in [0.717, 1.165) is 21.5 Å². The number of hydrogen-bond donors (Lipinski definition) is 0. The van der Waals surface area contributed by atoms with Crippen LogP contribution in [0.4, 0.5) is 0 Å². The van der Waals surface area contributed by atoms with Gasteiger partial charge < -0.3 is 0 Å². The molecule has 0 bridgehead atoms. The Hall–Kier alpha value is -2.21. The van der Waals surface area contributed by atoms with Crippen LogP contribution in [0.3, 0.4) is 0 Å². The summed E-state index contributed by atoms with van der Waals surface area (Å²) in [6.07, 6.45) is 1.70. The monoisotopic (exact) mass is 446 g/mol. The van der Waals surface area contributed by atoms with Crippen LogP contribution in [0.25, 0.3) is 41.6 Å². The molecule has 5 heteroatoms. The van der Waals surface area contributed by atoms with Crippen molar-refractivity contribution >= 4 is 64.8 Å². The summed E-state index contributed by atoms with van der Waals surface area (Å²) in [5, 5.41) is 5.62. The minimum atomic E-state index is 0.0326. The SMILES string of the molecule is C=CSc1ccc(-c2ncnc3sc4c(ccc5cc(C)sc54)c23)cc1C(C)(C)C. The third kappa shape index (κ3) is 3.16. The molecule has 2 aromatic carbocycles. The van der Waals surface area contributed by atoms with Crippen molar-refractivity contribution in [2.45, 2.75) is 38.0 Å². The molecule has 5 rings (SSSR count). The Morgan fingerprint density at radius 3 is 2.60 bits per heavy atom. The van der Waals surface area contributed by atoms with Crippen LogP contribution in [0.2, 0.25) is 0 Å². The van der Waals surface area contributed by atoms with E-state index in [1.807, 2.05) is 16.7 Å². The number of aryl methyl sites for hydroxylation is 1. The van der Waals surface area contributed by atoms with E-state index < -0.39 is 0 Å². The summed E-state index contributed by atoms with van der Waals surface area (Å²) in [7, 11) is 0. The van der Waals surface area contributed by atoms with Gasteiger partial charge in [0.05, 0.1) is 15.1 Å². The Bertz CT molecular complexity index is 1430. The summed E-state index contributed by atoms with van der Waals surface area (Å²) in [5.41, 5.74) is 3.50. The van der Waals surface area contributed by atoms with Gasteiger partial charge in [0, 0.05) is 26.1 Å². The Kier molecular flexibility index (Phi) is 4.73. The quantitative estimate of drug-likeness (QED) is 0.260. The number of thiophene rings is 2. The predicted molar refractivity (Wildman–Crippen MR) is 135 cm³/mol. The molecule has 30 heavy (non-hydrogen) atoms. The molecule has 0 N–H and O–H groups in total. The van der Waals surface area contributed by atoms with Crippen molar-refractivity contribution in [1.29, 1.82) is 0 Å². The van der Waals surface area contributed by atoms with Crippen LogP contribution in [0.5, 0.6) is 0 Å². The summed E-state index contributed by atoms with van der Waals surface area (Å²) in [4.78, 5) is 13.0. The molecule has 0 unspecified atom stereocenters. The molecule has 150 valence electrons. The lowest BCUT2D eigenvalue weighted by Gasteiger charge is -2.23. The first-order valence-electron chi connectivity index (χ1n) is 9.85. The lowest BCUT2D eigenvalue weighted by molar-refractivity contribution is 0.578. The molecule has 0 radical (unpaired) electrons. The maximum atomic E-state index is 4.76. The van der Waals surface area contributed by atoms with Crippen LogP contribution in [-0.4, -0.2) is 9.97 Å². The van der Waals surface area contributed by atoms with Gasteiger partial charge in [0.15, 0.2) is 0 Å². The van der Waals surface area contributed by atoms with Crippen LogP contribution in [0.1, 0.15) is 31.2 Å². The number of thioether (sulfide) groups is 1. The normalized spacial score (nSPS) is 12.3. The van der Waals surface area contributed by atoms with Gasteiger partial charge >= 0.3 is 0 Å².